The molecule has 0 aliphatic carbocycles. The Morgan fingerprint density at radius 2 is 1.87 bits per heavy atom. The smallest absolute Gasteiger partial charge is 0.325 e. The third-order valence-electron chi connectivity index (χ3n) is 4.12. The number of hydrogen-bond acceptors (Lipinski definition) is 6. The van der Waals surface area contributed by atoms with Crippen molar-refractivity contribution in [2.45, 2.75) is 12.8 Å². The van der Waals surface area contributed by atoms with Crippen molar-refractivity contribution in [3.8, 4) is 11.5 Å². The standard InChI is InChI=1S/C20H17ClN4O4S/c21-12-2-1-3-13(8-12)23-19(27)25-20-24-15(10-30-20)5-7-18(26)22-14-4-6-16-17(9-14)29-11-28-16/h1-4,6,8-10H,5,7,11H2,(H,22,26)(H2,23,24,25,27). The van der Waals surface area contributed by atoms with Crippen molar-refractivity contribution < 1.29 is 19.1 Å². The number of carbonyl (C=O) groups is 2. The van der Waals surface area contributed by atoms with Gasteiger partial charge in [0.15, 0.2) is 16.6 Å². The summed E-state index contributed by atoms with van der Waals surface area (Å²) in [5.41, 5.74) is 1.94. The van der Waals surface area contributed by atoms with Crippen LogP contribution < -0.4 is 25.4 Å². The molecule has 0 spiro atoms. The van der Waals surface area contributed by atoms with Gasteiger partial charge in [0.25, 0.3) is 0 Å². The molecule has 10 heteroatoms. The number of fused-ring (bicyclic) bond motifs is 1. The Kier molecular flexibility index (Phi) is 6.01. The number of rotatable bonds is 6. The minimum absolute atomic E-state index is 0.143. The predicted octanol–water partition coefficient (Wildman–Crippen LogP) is 4.74. The molecule has 2 heterocycles. The van der Waals surface area contributed by atoms with Crippen LogP contribution in [0.2, 0.25) is 5.02 Å². The van der Waals surface area contributed by atoms with Crippen LogP contribution in [0.5, 0.6) is 11.5 Å². The maximum absolute atomic E-state index is 12.2. The van der Waals surface area contributed by atoms with E-state index >= 15 is 0 Å². The molecule has 1 aliphatic heterocycles. The maximum atomic E-state index is 12.2. The van der Waals surface area contributed by atoms with E-state index in [4.69, 9.17) is 21.1 Å². The summed E-state index contributed by atoms with van der Waals surface area (Å²) in [6.45, 7) is 0.185. The van der Waals surface area contributed by atoms with E-state index in [9.17, 15) is 9.59 Å². The molecule has 8 nitrogen and oxygen atoms in total. The van der Waals surface area contributed by atoms with Crippen molar-refractivity contribution in [3.63, 3.8) is 0 Å². The third-order valence-corrected chi connectivity index (χ3v) is 5.16. The van der Waals surface area contributed by atoms with Crippen LogP contribution in [-0.2, 0) is 11.2 Å². The molecule has 4 rings (SSSR count). The van der Waals surface area contributed by atoms with E-state index in [1.165, 1.54) is 11.3 Å². The molecule has 0 unspecified atom stereocenters. The molecule has 3 aromatic rings. The molecule has 1 aliphatic rings. The molecular weight excluding hydrogens is 428 g/mol. The SMILES string of the molecule is O=C(CCc1csc(NC(=O)Nc2cccc(Cl)c2)n1)Nc1ccc2c(c1)OCO2. The number of carbonyl (C=O) groups excluding carboxylic acids is 2. The Labute approximate surface area is 181 Å². The summed E-state index contributed by atoms with van der Waals surface area (Å²) in [6.07, 6.45) is 0.705. The van der Waals surface area contributed by atoms with Crippen molar-refractivity contribution in [3.05, 3.63) is 58.6 Å². The first-order valence-electron chi connectivity index (χ1n) is 9.03. The summed E-state index contributed by atoms with van der Waals surface area (Å²) in [7, 11) is 0. The zero-order valence-corrected chi connectivity index (χ0v) is 17.2. The molecule has 3 amide bonds. The lowest BCUT2D eigenvalue weighted by Crippen LogP contribution is -2.19. The van der Waals surface area contributed by atoms with Gasteiger partial charge in [-0.2, -0.15) is 0 Å². The van der Waals surface area contributed by atoms with Gasteiger partial charge in [0.2, 0.25) is 12.7 Å². The van der Waals surface area contributed by atoms with Crippen LogP contribution in [0, 0.1) is 0 Å². The molecule has 3 N–H and O–H groups in total. The zero-order valence-electron chi connectivity index (χ0n) is 15.6. The average Bonchev–Trinajstić information content (AvgIpc) is 3.35. The quantitative estimate of drug-likeness (QED) is 0.509. The molecular formula is C20H17ClN4O4S. The molecule has 0 atom stereocenters. The summed E-state index contributed by atoms with van der Waals surface area (Å²) in [5.74, 6) is 1.13. The monoisotopic (exact) mass is 444 g/mol. The van der Waals surface area contributed by atoms with Crippen molar-refractivity contribution in [2.24, 2.45) is 0 Å². The van der Waals surface area contributed by atoms with Crippen molar-refractivity contribution >= 4 is 51.4 Å². The van der Waals surface area contributed by atoms with Gasteiger partial charge in [0, 0.05) is 34.3 Å². The fourth-order valence-corrected chi connectivity index (χ4v) is 3.67. The van der Waals surface area contributed by atoms with E-state index in [0.717, 1.165) is 5.69 Å². The lowest BCUT2D eigenvalue weighted by molar-refractivity contribution is -0.116. The molecule has 0 fully saturated rings. The number of aromatic nitrogens is 1. The molecule has 2 aromatic carbocycles. The van der Waals surface area contributed by atoms with Crippen molar-refractivity contribution in [2.75, 3.05) is 22.7 Å². The van der Waals surface area contributed by atoms with E-state index in [-0.39, 0.29) is 19.1 Å². The van der Waals surface area contributed by atoms with E-state index in [1.54, 1.807) is 42.5 Å². The fourth-order valence-electron chi connectivity index (χ4n) is 2.74. The number of hydrogen-bond donors (Lipinski definition) is 3. The number of thiazole rings is 1. The average molecular weight is 445 g/mol. The van der Waals surface area contributed by atoms with Gasteiger partial charge >= 0.3 is 6.03 Å². The van der Waals surface area contributed by atoms with Crippen LogP contribution in [0.1, 0.15) is 12.1 Å². The second-order valence-electron chi connectivity index (χ2n) is 6.35. The largest absolute Gasteiger partial charge is 0.454 e. The lowest BCUT2D eigenvalue weighted by Gasteiger charge is -2.06. The number of halogens is 1. The molecule has 0 bridgehead atoms. The summed E-state index contributed by atoms with van der Waals surface area (Å²) >= 11 is 7.19. The molecule has 0 saturated carbocycles. The van der Waals surface area contributed by atoms with Gasteiger partial charge in [-0.25, -0.2) is 9.78 Å². The summed E-state index contributed by atoms with van der Waals surface area (Å²) in [4.78, 5) is 28.6. The lowest BCUT2D eigenvalue weighted by atomic mass is 10.2. The number of urea groups is 1. The van der Waals surface area contributed by atoms with Crippen molar-refractivity contribution in [1.82, 2.24) is 4.98 Å². The second-order valence-corrected chi connectivity index (χ2v) is 7.64. The van der Waals surface area contributed by atoms with Gasteiger partial charge in [0.1, 0.15) is 0 Å². The van der Waals surface area contributed by atoms with E-state index in [0.29, 0.717) is 39.4 Å². The highest BCUT2D eigenvalue weighted by Gasteiger charge is 2.14. The highest BCUT2D eigenvalue weighted by Crippen LogP contribution is 2.34. The van der Waals surface area contributed by atoms with E-state index in [2.05, 4.69) is 20.9 Å². The molecule has 1 aromatic heterocycles. The Morgan fingerprint density at radius 1 is 1.03 bits per heavy atom. The molecule has 154 valence electrons. The Hall–Kier alpha value is -3.30. The third kappa shape index (κ3) is 5.19. The van der Waals surface area contributed by atoms with Gasteiger partial charge in [-0.05, 0) is 36.8 Å². The molecule has 0 radical (unpaired) electrons. The van der Waals surface area contributed by atoms with Gasteiger partial charge in [-0.1, -0.05) is 17.7 Å². The predicted molar refractivity (Wildman–Crippen MR) is 116 cm³/mol. The van der Waals surface area contributed by atoms with Crippen LogP contribution in [0.4, 0.5) is 21.3 Å². The van der Waals surface area contributed by atoms with Gasteiger partial charge < -0.3 is 20.1 Å². The highest BCUT2D eigenvalue weighted by atomic mass is 35.5. The zero-order chi connectivity index (χ0) is 20.9. The summed E-state index contributed by atoms with van der Waals surface area (Å²) in [6, 6.07) is 11.7. The fraction of sp³-hybridized carbons (Fsp3) is 0.150. The van der Waals surface area contributed by atoms with Crippen LogP contribution in [0.3, 0.4) is 0 Å². The Morgan fingerprint density at radius 3 is 2.73 bits per heavy atom. The second kappa shape index (κ2) is 9.02. The van der Waals surface area contributed by atoms with Gasteiger partial charge in [-0.3, -0.25) is 10.1 Å². The van der Waals surface area contributed by atoms with Crippen LogP contribution in [-0.4, -0.2) is 23.7 Å². The van der Waals surface area contributed by atoms with Gasteiger partial charge in [0.05, 0.1) is 5.69 Å². The molecule has 30 heavy (non-hydrogen) atoms. The highest BCUT2D eigenvalue weighted by molar-refractivity contribution is 7.13. The first-order chi connectivity index (χ1) is 14.5. The first kappa shape index (κ1) is 20.0. The minimum atomic E-state index is -0.418. The Balaban J connectivity index is 1.25. The number of amides is 3. The molecule has 0 saturated heterocycles. The van der Waals surface area contributed by atoms with E-state index < -0.39 is 6.03 Å². The number of anilines is 3. The minimum Gasteiger partial charge on any atom is -0.454 e. The number of aryl methyl sites for hydroxylation is 1. The van der Waals surface area contributed by atoms with Crippen LogP contribution >= 0.6 is 22.9 Å². The van der Waals surface area contributed by atoms with E-state index in [1.807, 2.05) is 5.38 Å². The van der Waals surface area contributed by atoms with Crippen LogP contribution in [0.25, 0.3) is 0 Å². The topological polar surface area (TPSA) is 102 Å². The summed E-state index contributed by atoms with van der Waals surface area (Å²) < 4.78 is 10.5. The first-order valence-corrected chi connectivity index (χ1v) is 10.3. The maximum Gasteiger partial charge on any atom is 0.325 e. The summed E-state index contributed by atoms with van der Waals surface area (Å²) in [5, 5.41) is 11.0. The number of nitrogens with zero attached hydrogens (tertiary/aromatic N) is 1. The number of nitrogens with one attached hydrogen (secondary N) is 3. The number of benzene rings is 2. The normalized spacial score (nSPS) is 11.8. The van der Waals surface area contributed by atoms with Crippen molar-refractivity contribution in [1.29, 1.82) is 0 Å². The van der Waals surface area contributed by atoms with Gasteiger partial charge in [-0.15, -0.1) is 11.3 Å². The Bertz CT molecular complexity index is 1090. The van der Waals surface area contributed by atoms with Crippen LogP contribution in [0.15, 0.2) is 47.8 Å². The number of ether oxygens (including phenoxy) is 2.